The molecule has 96 valence electrons. The van der Waals surface area contributed by atoms with Gasteiger partial charge in [0.2, 0.25) is 10.0 Å². The fraction of sp³-hybridized carbons (Fsp3) is 0.875. The van der Waals surface area contributed by atoms with Gasteiger partial charge in [0.15, 0.2) is 5.84 Å². The van der Waals surface area contributed by atoms with E-state index in [0.29, 0.717) is 19.4 Å². The predicted octanol–water partition coefficient (Wildman–Crippen LogP) is -0.533. The molecule has 7 nitrogen and oxygen atoms in total. The monoisotopic (exact) mass is 253 g/mol. The summed E-state index contributed by atoms with van der Waals surface area (Å²) in [7, 11) is -1.92. The van der Waals surface area contributed by atoms with Crippen molar-refractivity contribution in [3.63, 3.8) is 0 Å². The lowest BCUT2D eigenvalue weighted by Crippen LogP contribution is -2.45. The molecule has 4 N–H and O–H groups in total. The summed E-state index contributed by atoms with van der Waals surface area (Å²) in [5.41, 5.74) is 5.34. The molecule has 0 aliphatic carbocycles. The fourth-order valence-electron chi connectivity index (χ4n) is 1.09. The molecule has 0 aromatic heterocycles. The maximum Gasteiger partial charge on any atom is 0.212 e. The van der Waals surface area contributed by atoms with E-state index < -0.39 is 16.1 Å². The van der Waals surface area contributed by atoms with E-state index in [9.17, 15) is 8.42 Å². The minimum atomic E-state index is -3.42. The van der Waals surface area contributed by atoms with Crippen molar-refractivity contribution in [3.8, 4) is 0 Å². The molecular formula is C8H19N3O4S. The molecule has 0 aromatic rings. The molecule has 0 rings (SSSR count). The van der Waals surface area contributed by atoms with Crippen LogP contribution in [0.2, 0.25) is 0 Å². The average Bonchev–Trinajstić information content (AvgIpc) is 2.25. The van der Waals surface area contributed by atoms with Crippen LogP contribution in [0.4, 0.5) is 0 Å². The number of hydrogen-bond donors (Lipinski definition) is 3. The molecule has 0 saturated heterocycles. The summed E-state index contributed by atoms with van der Waals surface area (Å²) >= 11 is 0. The van der Waals surface area contributed by atoms with Crippen molar-refractivity contribution >= 4 is 15.9 Å². The van der Waals surface area contributed by atoms with Crippen molar-refractivity contribution in [3.05, 3.63) is 0 Å². The summed E-state index contributed by atoms with van der Waals surface area (Å²) in [5, 5.41) is 11.2. The molecule has 0 heterocycles. The van der Waals surface area contributed by atoms with E-state index >= 15 is 0 Å². The van der Waals surface area contributed by atoms with Crippen LogP contribution in [-0.4, -0.2) is 45.0 Å². The van der Waals surface area contributed by atoms with Gasteiger partial charge < -0.3 is 15.7 Å². The quantitative estimate of drug-likeness (QED) is 0.177. The van der Waals surface area contributed by atoms with Crippen molar-refractivity contribution in [1.82, 2.24) is 4.72 Å². The number of nitrogens with one attached hydrogen (secondary N) is 1. The highest BCUT2D eigenvalue weighted by molar-refractivity contribution is 7.89. The Hall–Kier alpha value is -0.860. The number of amidine groups is 1. The van der Waals surface area contributed by atoms with Crippen molar-refractivity contribution < 1.29 is 18.4 Å². The maximum absolute atomic E-state index is 11.5. The third kappa shape index (κ3) is 5.89. The number of nitrogens with two attached hydrogens (primary N) is 1. The Bertz CT molecular complexity index is 315. The molecular weight excluding hydrogens is 234 g/mol. The van der Waals surface area contributed by atoms with Gasteiger partial charge in [0, 0.05) is 13.7 Å². The second kappa shape index (κ2) is 7.42. The first kappa shape index (κ1) is 15.1. The lowest BCUT2D eigenvalue weighted by Gasteiger charge is -2.15. The van der Waals surface area contributed by atoms with E-state index in [1.807, 2.05) is 0 Å². The number of oxime groups is 1. The minimum Gasteiger partial charge on any atom is -0.409 e. The Balaban J connectivity index is 4.32. The van der Waals surface area contributed by atoms with Gasteiger partial charge in [0.05, 0.1) is 11.8 Å². The van der Waals surface area contributed by atoms with Crippen LogP contribution in [0.3, 0.4) is 0 Å². The van der Waals surface area contributed by atoms with Crippen LogP contribution in [0.25, 0.3) is 0 Å². The van der Waals surface area contributed by atoms with Crippen LogP contribution in [-0.2, 0) is 14.8 Å². The predicted molar refractivity (Wildman–Crippen MR) is 60.9 cm³/mol. The number of methoxy groups -OCH3 is 1. The lowest BCUT2D eigenvalue weighted by molar-refractivity contribution is 0.199. The molecule has 0 aliphatic rings. The fourth-order valence-corrected chi connectivity index (χ4v) is 2.43. The van der Waals surface area contributed by atoms with Gasteiger partial charge in [-0.25, -0.2) is 13.1 Å². The van der Waals surface area contributed by atoms with E-state index in [4.69, 9.17) is 15.7 Å². The van der Waals surface area contributed by atoms with Crippen molar-refractivity contribution in [2.24, 2.45) is 10.9 Å². The number of nitrogens with zero attached hydrogens (tertiary/aromatic N) is 1. The van der Waals surface area contributed by atoms with Gasteiger partial charge in [-0.15, -0.1) is 0 Å². The van der Waals surface area contributed by atoms with Crippen LogP contribution in [0, 0.1) is 0 Å². The molecule has 1 unspecified atom stereocenters. The first-order chi connectivity index (χ1) is 7.46. The Labute approximate surface area is 95.7 Å². The number of ether oxygens (including phenoxy) is 1. The van der Waals surface area contributed by atoms with E-state index in [1.54, 1.807) is 6.92 Å². The molecule has 0 bridgehead atoms. The van der Waals surface area contributed by atoms with Crippen LogP contribution < -0.4 is 10.5 Å². The van der Waals surface area contributed by atoms with Gasteiger partial charge in [-0.3, -0.25) is 0 Å². The minimum absolute atomic E-state index is 0.0456. The summed E-state index contributed by atoms with van der Waals surface area (Å²) < 4.78 is 30.2. The van der Waals surface area contributed by atoms with Gasteiger partial charge in [-0.05, 0) is 12.8 Å². The van der Waals surface area contributed by atoms with Crippen molar-refractivity contribution in [1.29, 1.82) is 0 Å². The maximum atomic E-state index is 11.5. The van der Waals surface area contributed by atoms with Crippen molar-refractivity contribution in [2.45, 2.75) is 25.8 Å². The Morgan fingerprint density at radius 1 is 1.62 bits per heavy atom. The molecule has 0 aromatic carbocycles. The van der Waals surface area contributed by atoms with Crippen LogP contribution >= 0.6 is 0 Å². The summed E-state index contributed by atoms with van der Waals surface area (Å²) in [6.07, 6.45) is 0.817. The number of hydrogen-bond acceptors (Lipinski definition) is 5. The molecule has 0 saturated carbocycles. The highest BCUT2D eigenvalue weighted by atomic mass is 32.2. The Kier molecular flexibility index (Phi) is 7.02. The molecule has 16 heavy (non-hydrogen) atoms. The van der Waals surface area contributed by atoms with Crippen LogP contribution in [0.1, 0.15) is 19.8 Å². The second-order valence-electron chi connectivity index (χ2n) is 3.27. The molecule has 0 aliphatic heterocycles. The number of rotatable bonds is 8. The third-order valence-corrected chi connectivity index (χ3v) is 3.43. The lowest BCUT2D eigenvalue weighted by atomic mass is 10.2. The average molecular weight is 253 g/mol. The van der Waals surface area contributed by atoms with Crippen LogP contribution in [0.5, 0.6) is 0 Å². The molecule has 0 amide bonds. The molecule has 8 heteroatoms. The second-order valence-corrected chi connectivity index (χ2v) is 5.14. The van der Waals surface area contributed by atoms with Gasteiger partial charge in [0.1, 0.15) is 0 Å². The normalized spacial score (nSPS) is 15.0. The first-order valence-corrected chi connectivity index (χ1v) is 6.58. The molecule has 0 fully saturated rings. The standard InChI is InChI=1S/C8H19N3O4S/c1-3-7(8(9)10-12)11-16(13,14)6-4-5-15-2/h7,11-12H,3-6H2,1-2H3,(H2,9,10). The first-order valence-electron chi connectivity index (χ1n) is 4.93. The summed E-state index contributed by atoms with van der Waals surface area (Å²) in [6, 6.07) is -0.669. The topological polar surface area (TPSA) is 114 Å². The van der Waals surface area contributed by atoms with Crippen molar-refractivity contribution in [2.75, 3.05) is 19.5 Å². The van der Waals surface area contributed by atoms with Gasteiger partial charge in [-0.2, -0.15) is 0 Å². The van der Waals surface area contributed by atoms with Gasteiger partial charge >= 0.3 is 0 Å². The van der Waals surface area contributed by atoms with E-state index in [0.717, 1.165) is 0 Å². The Morgan fingerprint density at radius 3 is 2.69 bits per heavy atom. The van der Waals surface area contributed by atoms with Gasteiger partial charge in [-0.1, -0.05) is 12.1 Å². The zero-order valence-corrected chi connectivity index (χ0v) is 10.3. The zero-order chi connectivity index (χ0) is 12.6. The highest BCUT2D eigenvalue weighted by Crippen LogP contribution is 1.97. The summed E-state index contributed by atoms with van der Waals surface area (Å²) in [5.74, 6) is -0.186. The Morgan fingerprint density at radius 2 is 2.25 bits per heavy atom. The SMILES string of the molecule is CCC(NS(=O)(=O)CCCOC)C(N)=NO. The molecule has 0 spiro atoms. The summed E-state index contributed by atoms with van der Waals surface area (Å²) in [4.78, 5) is 0. The summed E-state index contributed by atoms with van der Waals surface area (Å²) in [6.45, 7) is 2.11. The smallest absolute Gasteiger partial charge is 0.212 e. The van der Waals surface area contributed by atoms with E-state index in [2.05, 4.69) is 9.88 Å². The molecule has 0 radical (unpaired) electrons. The number of sulfonamides is 1. The van der Waals surface area contributed by atoms with E-state index in [-0.39, 0.29) is 11.6 Å². The van der Waals surface area contributed by atoms with Crippen LogP contribution in [0.15, 0.2) is 5.16 Å². The highest BCUT2D eigenvalue weighted by Gasteiger charge is 2.19. The van der Waals surface area contributed by atoms with E-state index in [1.165, 1.54) is 7.11 Å². The third-order valence-electron chi connectivity index (χ3n) is 1.96. The van der Waals surface area contributed by atoms with Gasteiger partial charge in [0.25, 0.3) is 0 Å². The zero-order valence-electron chi connectivity index (χ0n) is 9.51. The largest absolute Gasteiger partial charge is 0.409 e. The molecule has 1 atom stereocenters.